The van der Waals surface area contributed by atoms with Gasteiger partial charge in [-0.1, -0.05) is 25.2 Å². The van der Waals surface area contributed by atoms with E-state index < -0.39 is 0 Å². The Bertz CT molecular complexity index is 519. The third-order valence-corrected chi connectivity index (χ3v) is 4.33. The van der Waals surface area contributed by atoms with Crippen LogP contribution in [0, 0.1) is 0 Å². The first-order valence-electron chi connectivity index (χ1n) is 6.73. The number of nitrogens with one attached hydrogen (secondary N) is 2. The minimum absolute atomic E-state index is 0.0405. The fourth-order valence-electron chi connectivity index (χ4n) is 2.28. The number of thiocarbonyl (C=S) groups is 1. The smallest absolute Gasteiger partial charge is 0.242 e. The van der Waals surface area contributed by atoms with Crippen molar-refractivity contribution in [2.75, 3.05) is 17.6 Å². The number of piperidine rings is 1. The van der Waals surface area contributed by atoms with Crippen LogP contribution in [0.25, 0.3) is 0 Å². The Labute approximate surface area is 128 Å². The Morgan fingerprint density at radius 2 is 2.40 bits per heavy atom. The topological polar surface area (TPSA) is 67.1 Å². The highest BCUT2D eigenvalue weighted by Crippen LogP contribution is 2.29. The normalized spacial score (nSPS) is 18.4. The monoisotopic (exact) mass is 309 g/mol. The number of thioether (sulfide) groups is 1. The quantitative estimate of drug-likeness (QED) is 0.574. The van der Waals surface area contributed by atoms with Crippen molar-refractivity contribution in [3.8, 4) is 0 Å². The minimum atomic E-state index is -0.210. The summed E-state index contributed by atoms with van der Waals surface area (Å²) in [4.78, 5) is 13.3. The second-order valence-electron chi connectivity index (χ2n) is 4.61. The highest BCUT2D eigenvalue weighted by molar-refractivity contribution is 7.99. The highest BCUT2D eigenvalue weighted by Gasteiger charge is 2.23. The van der Waals surface area contributed by atoms with Gasteiger partial charge in [0.15, 0.2) is 0 Å². The molecule has 20 heavy (non-hydrogen) atoms. The van der Waals surface area contributed by atoms with Crippen molar-refractivity contribution in [2.24, 2.45) is 5.73 Å². The van der Waals surface area contributed by atoms with E-state index in [0.29, 0.717) is 4.99 Å². The number of rotatable bonds is 5. The lowest BCUT2D eigenvalue weighted by Gasteiger charge is -2.25. The molecule has 2 rings (SSSR count). The van der Waals surface area contributed by atoms with Crippen LogP contribution in [0.15, 0.2) is 23.1 Å². The first-order valence-corrected chi connectivity index (χ1v) is 8.12. The van der Waals surface area contributed by atoms with E-state index in [4.69, 9.17) is 18.0 Å². The summed E-state index contributed by atoms with van der Waals surface area (Å²) in [5, 5.41) is 6.16. The van der Waals surface area contributed by atoms with Gasteiger partial charge >= 0.3 is 0 Å². The van der Waals surface area contributed by atoms with Crippen LogP contribution in [0.5, 0.6) is 0 Å². The lowest BCUT2D eigenvalue weighted by molar-refractivity contribution is -0.123. The largest absolute Gasteiger partial charge is 0.389 e. The number of nitrogens with two attached hydrogens (primary N) is 1. The average Bonchev–Trinajstić information content (AvgIpc) is 2.41. The predicted molar refractivity (Wildman–Crippen MR) is 88.4 cm³/mol. The Morgan fingerprint density at radius 1 is 1.60 bits per heavy atom. The van der Waals surface area contributed by atoms with E-state index in [9.17, 15) is 4.79 Å². The summed E-state index contributed by atoms with van der Waals surface area (Å²) in [6, 6.07) is 5.69. The molecule has 6 heteroatoms. The number of anilines is 1. The zero-order valence-electron chi connectivity index (χ0n) is 11.4. The third kappa shape index (κ3) is 3.43. The summed E-state index contributed by atoms with van der Waals surface area (Å²) in [5.41, 5.74) is 7.55. The van der Waals surface area contributed by atoms with Crippen LogP contribution in [0.2, 0.25) is 0 Å². The molecule has 1 saturated heterocycles. The average molecular weight is 309 g/mol. The Kier molecular flexibility index (Phi) is 5.25. The van der Waals surface area contributed by atoms with Gasteiger partial charge in [0, 0.05) is 22.7 Å². The van der Waals surface area contributed by atoms with Crippen LogP contribution >= 0.6 is 24.0 Å². The highest BCUT2D eigenvalue weighted by atomic mass is 32.2. The van der Waals surface area contributed by atoms with Gasteiger partial charge in [0.1, 0.15) is 11.0 Å². The first-order chi connectivity index (χ1) is 9.63. The van der Waals surface area contributed by atoms with E-state index in [1.807, 2.05) is 18.2 Å². The fourth-order valence-corrected chi connectivity index (χ4v) is 3.41. The van der Waals surface area contributed by atoms with Crippen LogP contribution in [0.3, 0.4) is 0 Å². The maximum atomic E-state index is 11.8. The Balaban J connectivity index is 2.28. The molecule has 1 fully saturated rings. The number of hydrogen-bond acceptors (Lipinski definition) is 4. The van der Waals surface area contributed by atoms with E-state index in [-0.39, 0.29) is 11.9 Å². The molecule has 0 aromatic heterocycles. The zero-order chi connectivity index (χ0) is 14.5. The molecule has 1 heterocycles. The number of amides is 1. The SMILES string of the molecule is CCSc1cccc(NC2CCCNC2=O)c1C(N)=S. The molecule has 108 valence electrons. The molecule has 4 nitrogen and oxygen atoms in total. The number of carbonyl (C=O) groups excluding carboxylic acids is 1. The molecule has 1 unspecified atom stereocenters. The lowest BCUT2D eigenvalue weighted by Crippen LogP contribution is -2.44. The van der Waals surface area contributed by atoms with Gasteiger partial charge in [-0.15, -0.1) is 11.8 Å². The van der Waals surface area contributed by atoms with E-state index in [1.54, 1.807) is 11.8 Å². The number of hydrogen-bond donors (Lipinski definition) is 3. The van der Waals surface area contributed by atoms with Gasteiger partial charge in [0.2, 0.25) is 5.91 Å². The fraction of sp³-hybridized carbons (Fsp3) is 0.429. The van der Waals surface area contributed by atoms with Gasteiger partial charge in [-0.3, -0.25) is 4.79 Å². The van der Waals surface area contributed by atoms with Crippen molar-refractivity contribution >= 4 is 40.6 Å². The maximum absolute atomic E-state index is 11.8. The van der Waals surface area contributed by atoms with Gasteiger partial charge in [-0.25, -0.2) is 0 Å². The molecule has 1 aromatic rings. The van der Waals surface area contributed by atoms with Crippen LogP contribution in [-0.4, -0.2) is 29.2 Å². The maximum Gasteiger partial charge on any atom is 0.242 e. The molecule has 1 aliphatic heterocycles. The molecule has 0 bridgehead atoms. The summed E-state index contributed by atoms with van der Waals surface area (Å²) in [6.07, 6.45) is 1.81. The van der Waals surface area contributed by atoms with E-state index >= 15 is 0 Å². The second-order valence-corrected chi connectivity index (χ2v) is 6.35. The number of carbonyl (C=O) groups is 1. The second kappa shape index (κ2) is 6.95. The number of benzene rings is 1. The minimum Gasteiger partial charge on any atom is -0.389 e. The summed E-state index contributed by atoms with van der Waals surface area (Å²) in [6.45, 7) is 2.84. The summed E-state index contributed by atoms with van der Waals surface area (Å²) >= 11 is 6.87. The van der Waals surface area contributed by atoms with Gasteiger partial charge in [-0.05, 0) is 30.7 Å². The molecule has 1 aliphatic rings. The van der Waals surface area contributed by atoms with Gasteiger partial charge in [0.05, 0.1) is 0 Å². The van der Waals surface area contributed by atoms with Gasteiger partial charge < -0.3 is 16.4 Å². The Hall–Kier alpha value is -1.27. The van der Waals surface area contributed by atoms with Crippen molar-refractivity contribution in [2.45, 2.75) is 30.7 Å². The first kappa shape index (κ1) is 15.1. The molecule has 1 aromatic carbocycles. The lowest BCUT2D eigenvalue weighted by atomic mass is 10.1. The molecule has 0 spiro atoms. The summed E-state index contributed by atoms with van der Waals surface area (Å²) in [5.74, 6) is 0.988. The molecule has 1 atom stereocenters. The van der Waals surface area contributed by atoms with Crippen molar-refractivity contribution in [1.82, 2.24) is 5.32 Å². The van der Waals surface area contributed by atoms with E-state index in [1.165, 1.54) is 0 Å². The van der Waals surface area contributed by atoms with Crippen molar-refractivity contribution in [1.29, 1.82) is 0 Å². The molecule has 0 radical (unpaired) electrons. The Morgan fingerprint density at radius 3 is 3.05 bits per heavy atom. The van der Waals surface area contributed by atoms with Crippen LogP contribution in [0.4, 0.5) is 5.69 Å². The van der Waals surface area contributed by atoms with E-state index in [0.717, 1.165) is 41.3 Å². The summed E-state index contributed by atoms with van der Waals surface area (Å²) in [7, 11) is 0. The van der Waals surface area contributed by atoms with Gasteiger partial charge in [0.25, 0.3) is 0 Å². The van der Waals surface area contributed by atoms with Crippen LogP contribution in [0.1, 0.15) is 25.3 Å². The summed E-state index contributed by atoms with van der Waals surface area (Å²) < 4.78 is 0. The standard InChI is InChI=1S/C14H19N3OS2/c1-2-20-11-7-3-5-9(12(11)13(15)19)17-10-6-4-8-16-14(10)18/h3,5,7,10,17H,2,4,6,8H2,1H3,(H2,15,19)(H,16,18). The predicted octanol–water partition coefficient (Wildman–Crippen LogP) is 2.12. The molecule has 4 N–H and O–H groups in total. The van der Waals surface area contributed by atoms with Crippen molar-refractivity contribution in [3.63, 3.8) is 0 Å². The van der Waals surface area contributed by atoms with Crippen LogP contribution in [-0.2, 0) is 4.79 Å². The molecule has 0 aliphatic carbocycles. The van der Waals surface area contributed by atoms with Crippen LogP contribution < -0.4 is 16.4 Å². The van der Waals surface area contributed by atoms with Gasteiger partial charge in [-0.2, -0.15) is 0 Å². The van der Waals surface area contributed by atoms with Crippen molar-refractivity contribution in [3.05, 3.63) is 23.8 Å². The molecular formula is C14H19N3OS2. The molecule has 1 amide bonds. The van der Waals surface area contributed by atoms with Crippen molar-refractivity contribution < 1.29 is 4.79 Å². The zero-order valence-corrected chi connectivity index (χ0v) is 13.1. The third-order valence-electron chi connectivity index (χ3n) is 3.19. The van der Waals surface area contributed by atoms with E-state index in [2.05, 4.69) is 17.6 Å². The molecular weight excluding hydrogens is 290 g/mol. The molecule has 0 saturated carbocycles.